The van der Waals surface area contributed by atoms with Gasteiger partial charge in [-0.05, 0) is 65.1 Å². The highest BCUT2D eigenvalue weighted by Gasteiger charge is 2.24. The highest BCUT2D eigenvalue weighted by molar-refractivity contribution is 6.11. The minimum absolute atomic E-state index is 0.0748. The molecule has 0 bridgehead atoms. The maximum absolute atomic E-state index is 6.84. The zero-order valence-corrected chi connectivity index (χ0v) is 31.4. The lowest BCUT2D eigenvalue weighted by Gasteiger charge is -2.25. The van der Waals surface area contributed by atoms with Gasteiger partial charge < -0.3 is 19.1 Å². The van der Waals surface area contributed by atoms with E-state index in [1.54, 1.807) is 0 Å². The molecule has 55 heavy (non-hydrogen) atoms. The van der Waals surface area contributed by atoms with Crippen LogP contribution in [0, 0.1) is 0 Å². The summed E-state index contributed by atoms with van der Waals surface area (Å²) in [6.45, 7) is 7.51. The van der Waals surface area contributed by atoms with Gasteiger partial charge in [-0.3, -0.25) is 4.57 Å². The van der Waals surface area contributed by atoms with Crippen molar-refractivity contribution in [1.29, 1.82) is 0 Å². The summed E-state index contributed by atoms with van der Waals surface area (Å²) in [6.07, 6.45) is 4.27. The molecule has 10 rings (SSSR count). The molecule has 0 aliphatic carbocycles. The molecule has 0 radical (unpaired) electrons. The largest absolute Gasteiger partial charge is 0.457 e. The van der Waals surface area contributed by atoms with Crippen molar-refractivity contribution in [3.8, 4) is 23.0 Å². The number of anilines is 1. The normalized spacial score (nSPS) is 13.4. The van der Waals surface area contributed by atoms with Gasteiger partial charge in [0.05, 0.1) is 34.4 Å². The molecule has 0 spiro atoms. The highest BCUT2D eigenvalue weighted by Crippen LogP contribution is 2.40. The average molecular weight is 716 g/mol. The molecular formula is C49H41N5O. The highest BCUT2D eigenvalue weighted by atomic mass is 16.5. The molecule has 0 saturated carbocycles. The van der Waals surface area contributed by atoms with Crippen LogP contribution in [0.1, 0.15) is 31.9 Å². The molecule has 4 heterocycles. The van der Waals surface area contributed by atoms with E-state index >= 15 is 0 Å². The molecule has 0 N–H and O–H groups in total. The Labute approximate surface area is 320 Å². The van der Waals surface area contributed by atoms with Gasteiger partial charge in [-0.15, -0.1) is 0 Å². The molecule has 9 aromatic rings. The van der Waals surface area contributed by atoms with Crippen molar-refractivity contribution in [2.24, 2.45) is 0 Å². The average Bonchev–Trinajstić information content (AvgIpc) is 3.87. The van der Waals surface area contributed by atoms with E-state index in [4.69, 9.17) is 9.72 Å². The lowest BCUT2D eigenvalue weighted by atomic mass is 9.86. The second-order valence-corrected chi connectivity index (χ2v) is 15.5. The van der Waals surface area contributed by atoms with E-state index in [1.165, 1.54) is 27.6 Å². The zero-order chi connectivity index (χ0) is 37.3. The molecule has 268 valence electrons. The fourth-order valence-electron chi connectivity index (χ4n) is 8.12. The van der Waals surface area contributed by atoms with Crippen LogP contribution in [0.5, 0.6) is 11.5 Å². The quantitative estimate of drug-likeness (QED) is 0.172. The van der Waals surface area contributed by atoms with Gasteiger partial charge >= 0.3 is 0 Å². The van der Waals surface area contributed by atoms with Crippen molar-refractivity contribution >= 4 is 55.0 Å². The summed E-state index contributed by atoms with van der Waals surface area (Å²) < 4.78 is 11.5. The number of benzene rings is 6. The first kappa shape index (κ1) is 32.8. The number of para-hydroxylation sites is 3. The van der Waals surface area contributed by atoms with Gasteiger partial charge in [0.1, 0.15) is 17.3 Å². The standard InChI is InChI=1S/C49H41N5O/c1-49(2,3)34-25-36(52-31-47(51(4)32-52)33-15-7-5-8-16-33)27-38(26-34)55-37-23-24-41-39-19-11-14-22-44(39)54(45(41)28-37)48-29-46-42(30-50-48)40-20-12-13-21-43(40)53(46)35-17-9-6-10-18-35/h5-31H,32H2,1-4H3. The van der Waals surface area contributed by atoms with Crippen molar-refractivity contribution in [2.45, 2.75) is 26.2 Å². The Hall–Kier alpha value is -6.79. The molecule has 6 nitrogen and oxygen atoms in total. The number of ether oxygens (including phenoxy) is 1. The molecule has 6 aromatic carbocycles. The van der Waals surface area contributed by atoms with Gasteiger partial charge in [-0.25, -0.2) is 4.98 Å². The first-order valence-corrected chi connectivity index (χ1v) is 18.9. The monoisotopic (exact) mass is 715 g/mol. The van der Waals surface area contributed by atoms with E-state index in [1.807, 2.05) is 6.20 Å². The molecule has 0 fully saturated rings. The molecule has 6 heteroatoms. The van der Waals surface area contributed by atoms with Gasteiger partial charge in [0.25, 0.3) is 0 Å². The Morgan fingerprint density at radius 3 is 1.93 bits per heavy atom. The van der Waals surface area contributed by atoms with Crippen molar-refractivity contribution in [3.05, 3.63) is 175 Å². The second-order valence-electron chi connectivity index (χ2n) is 15.5. The van der Waals surface area contributed by atoms with Crippen molar-refractivity contribution in [3.63, 3.8) is 0 Å². The Balaban J connectivity index is 1.10. The van der Waals surface area contributed by atoms with Gasteiger partial charge in [-0.2, -0.15) is 0 Å². The van der Waals surface area contributed by atoms with Crippen molar-refractivity contribution in [2.75, 3.05) is 18.6 Å². The predicted molar refractivity (Wildman–Crippen MR) is 228 cm³/mol. The Bertz CT molecular complexity index is 2930. The summed E-state index contributed by atoms with van der Waals surface area (Å²) in [4.78, 5) is 9.74. The van der Waals surface area contributed by atoms with E-state index in [0.717, 1.165) is 68.2 Å². The number of hydrogen-bond donors (Lipinski definition) is 0. The lowest BCUT2D eigenvalue weighted by Crippen LogP contribution is -2.23. The molecule has 0 unspecified atom stereocenters. The van der Waals surface area contributed by atoms with Crippen LogP contribution in [0.3, 0.4) is 0 Å². The molecule has 1 aliphatic heterocycles. The number of nitrogens with zero attached hydrogens (tertiary/aromatic N) is 5. The summed E-state index contributed by atoms with van der Waals surface area (Å²) in [5.41, 5.74) is 10.2. The lowest BCUT2D eigenvalue weighted by molar-refractivity contribution is 0.478. The van der Waals surface area contributed by atoms with Crippen LogP contribution < -0.4 is 9.64 Å². The maximum Gasteiger partial charge on any atom is 0.139 e. The fourth-order valence-corrected chi connectivity index (χ4v) is 8.12. The SMILES string of the molecule is CN1CN(c2cc(Oc3ccc4c5ccccc5n(-c5cc6c(cn5)c5ccccc5n6-c5ccccc5)c4c3)cc(C(C)(C)C)c2)C=C1c1ccccc1. The van der Waals surface area contributed by atoms with Crippen molar-refractivity contribution < 1.29 is 4.74 Å². The Morgan fingerprint density at radius 2 is 1.18 bits per heavy atom. The number of aromatic nitrogens is 3. The Kier molecular flexibility index (Phi) is 7.56. The zero-order valence-electron chi connectivity index (χ0n) is 31.4. The summed E-state index contributed by atoms with van der Waals surface area (Å²) >= 11 is 0. The third kappa shape index (κ3) is 5.60. The summed E-state index contributed by atoms with van der Waals surface area (Å²) in [5, 5.41) is 4.63. The number of fused-ring (bicyclic) bond motifs is 6. The summed E-state index contributed by atoms with van der Waals surface area (Å²) in [7, 11) is 2.14. The van der Waals surface area contributed by atoms with Crippen LogP contribution in [0.15, 0.2) is 164 Å². The third-order valence-electron chi connectivity index (χ3n) is 10.9. The van der Waals surface area contributed by atoms with E-state index in [0.29, 0.717) is 0 Å². The molecule has 0 atom stereocenters. The van der Waals surface area contributed by atoms with Crippen LogP contribution >= 0.6 is 0 Å². The van der Waals surface area contributed by atoms with E-state index in [9.17, 15) is 0 Å². The maximum atomic E-state index is 6.84. The minimum Gasteiger partial charge on any atom is -0.457 e. The number of rotatable bonds is 6. The fraction of sp³-hybridized carbons (Fsp3) is 0.122. The van der Waals surface area contributed by atoms with E-state index in [-0.39, 0.29) is 5.41 Å². The molecule has 0 saturated heterocycles. The van der Waals surface area contributed by atoms with Gasteiger partial charge in [-0.1, -0.05) is 106 Å². The molecule has 1 aliphatic rings. The number of hydrogen-bond acceptors (Lipinski definition) is 4. The van der Waals surface area contributed by atoms with Gasteiger partial charge in [0.2, 0.25) is 0 Å². The third-order valence-corrected chi connectivity index (χ3v) is 10.9. The van der Waals surface area contributed by atoms with Crippen LogP contribution in [-0.2, 0) is 5.41 Å². The van der Waals surface area contributed by atoms with Crippen molar-refractivity contribution in [1.82, 2.24) is 19.0 Å². The molecular weight excluding hydrogens is 675 g/mol. The number of pyridine rings is 1. The minimum atomic E-state index is -0.0748. The second kappa shape index (κ2) is 12.7. The molecule has 3 aromatic heterocycles. The van der Waals surface area contributed by atoms with Gasteiger partial charge in [0.15, 0.2) is 0 Å². The van der Waals surface area contributed by atoms with Gasteiger partial charge in [0, 0.05) is 70.6 Å². The Morgan fingerprint density at radius 1 is 0.545 bits per heavy atom. The topological polar surface area (TPSA) is 38.5 Å². The van der Waals surface area contributed by atoms with Crippen LogP contribution in [0.25, 0.3) is 60.8 Å². The smallest absolute Gasteiger partial charge is 0.139 e. The van der Waals surface area contributed by atoms with Crippen LogP contribution in [0.4, 0.5) is 5.69 Å². The van der Waals surface area contributed by atoms with Crippen LogP contribution in [0.2, 0.25) is 0 Å². The first-order valence-electron chi connectivity index (χ1n) is 18.9. The van der Waals surface area contributed by atoms with E-state index < -0.39 is 0 Å². The van der Waals surface area contributed by atoms with E-state index in [2.05, 4.69) is 205 Å². The van der Waals surface area contributed by atoms with Crippen LogP contribution in [-0.4, -0.2) is 32.7 Å². The predicted octanol–water partition coefficient (Wildman–Crippen LogP) is 12.1. The first-order chi connectivity index (χ1) is 26.8. The summed E-state index contributed by atoms with van der Waals surface area (Å²) in [5.74, 6) is 2.43. The summed E-state index contributed by atoms with van der Waals surface area (Å²) in [6, 6.07) is 53.6. The molecule has 0 amide bonds.